The number of ether oxygens (including phenoxy) is 2. The van der Waals surface area contributed by atoms with Gasteiger partial charge in [-0.2, -0.15) is 0 Å². The van der Waals surface area contributed by atoms with Crippen molar-refractivity contribution in [3.05, 3.63) is 88.0 Å². The fourth-order valence-corrected chi connectivity index (χ4v) is 5.98. The summed E-state index contributed by atoms with van der Waals surface area (Å²) in [6.45, 7) is 6.11. The van der Waals surface area contributed by atoms with Crippen LogP contribution in [0, 0.1) is 0 Å². The maximum Gasteiger partial charge on any atom is 0.411 e. The third kappa shape index (κ3) is 4.68. The van der Waals surface area contributed by atoms with E-state index in [1.54, 1.807) is 12.3 Å². The molecule has 8 nitrogen and oxygen atoms in total. The van der Waals surface area contributed by atoms with Gasteiger partial charge in [-0.05, 0) is 63.8 Å². The SMILES string of the molecule is Cn1c2c(c3ccc(-n4ccc(OCc5ccccc5)cc4=O)nc31)C1CCCC(C2)N1C(=O)OC(C)(C)C. The zero-order valence-corrected chi connectivity index (χ0v) is 22.9. The van der Waals surface area contributed by atoms with Gasteiger partial charge in [0.15, 0.2) is 0 Å². The number of nitrogens with zero attached hydrogens (tertiary/aromatic N) is 4. The molecule has 0 aliphatic carbocycles. The number of piperidine rings is 1. The summed E-state index contributed by atoms with van der Waals surface area (Å²) in [6.07, 6.45) is 5.16. The van der Waals surface area contributed by atoms with Crippen molar-refractivity contribution in [2.75, 3.05) is 0 Å². The van der Waals surface area contributed by atoms with Crippen molar-refractivity contribution < 1.29 is 14.3 Å². The van der Waals surface area contributed by atoms with Crippen LogP contribution in [0.2, 0.25) is 0 Å². The Morgan fingerprint density at radius 3 is 2.62 bits per heavy atom. The molecule has 2 bridgehead atoms. The van der Waals surface area contributed by atoms with Gasteiger partial charge < -0.3 is 14.0 Å². The highest BCUT2D eigenvalue weighted by Crippen LogP contribution is 2.46. The van der Waals surface area contributed by atoms with Gasteiger partial charge in [0.25, 0.3) is 5.56 Å². The number of carbonyl (C=O) groups excluding carboxylic acids is 1. The zero-order chi connectivity index (χ0) is 27.3. The minimum Gasteiger partial charge on any atom is -0.489 e. The topological polar surface area (TPSA) is 78.6 Å². The molecule has 2 unspecified atom stereocenters. The fraction of sp³-hybridized carbons (Fsp3) is 0.387. The van der Waals surface area contributed by atoms with E-state index >= 15 is 0 Å². The molecule has 2 aliphatic rings. The molecule has 1 fully saturated rings. The van der Waals surface area contributed by atoms with Crippen LogP contribution in [0.3, 0.4) is 0 Å². The lowest BCUT2D eigenvalue weighted by molar-refractivity contribution is -0.00973. The highest BCUT2D eigenvalue weighted by Gasteiger charge is 2.44. The number of pyridine rings is 2. The molecule has 39 heavy (non-hydrogen) atoms. The summed E-state index contributed by atoms with van der Waals surface area (Å²) < 4.78 is 15.3. The number of aryl methyl sites for hydroxylation is 1. The Morgan fingerprint density at radius 2 is 1.87 bits per heavy atom. The molecular weight excluding hydrogens is 492 g/mol. The number of rotatable bonds is 4. The van der Waals surface area contributed by atoms with Gasteiger partial charge in [-0.3, -0.25) is 14.3 Å². The van der Waals surface area contributed by atoms with Crippen LogP contribution in [0.1, 0.15) is 62.9 Å². The van der Waals surface area contributed by atoms with Crippen molar-refractivity contribution in [1.82, 2.24) is 19.0 Å². The van der Waals surface area contributed by atoms with Crippen LogP contribution < -0.4 is 10.3 Å². The average molecular weight is 527 g/mol. The van der Waals surface area contributed by atoms with E-state index in [1.807, 2.05) is 75.2 Å². The van der Waals surface area contributed by atoms with Crippen molar-refractivity contribution in [2.24, 2.45) is 7.05 Å². The normalized spacial score (nSPS) is 18.6. The Kier molecular flexibility index (Phi) is 6.20. The van der Waals surface area contributed by atoms with Crippen molar-refractivity contribution in [2.45, 2.75) is 70.7 Å². The summed E-state index contributed by atoms with van der Waals surface area (Å²) in [6, 6.07) is 17.1. The standard InChI is InChI=1S/C31H34N4O4/c1-31(2,3)39-30(37)35-21-11-8-12-24(35)28-23-13-14-26(32-29(23)33(4)25(28)17-21)34-16-15-22(18-27(34)36)38-19-20-9-6-5-7-10-20/h5-7,9-10,13-16,18,21,24H,8,11-12,17,19H2,1-4H3. The molecule has 0 N–H and O–H groups in total. The Balaban J connectivity index is 1.32. The van der Waals surface area contributed by atoms with Crippen LogP contribution in [0.15, 0.2) is 65.6 Å². The smallest absolute Gasteiger partial charge is 0.411 e. The largest absolute Gasteiger partial charge is 0.489 e. The molecule has 2 atom stereocenters. The Labute approximate surface area is 227 Å². The Bertz CT molecular complexity index is 1600. The molecule has 0 saturated carbocycles. The molecule has 4 aromatic rings. The first-order valence-corrected chi connectivity index (χ1v) is 13.6. The summed E-state index contributed by atoms with van der Waals surface area (Å²) in [4.78, 5) is 33.2. The zero-order valence-electron chi connectivity index (χ0n) is 22.9. The summed E-state index contributed by atoms with van der Waals surface area (Å²) >= 11 is 0. The predicted octanol–water partition coefficient (Wildman–Crippen LogP) is 5.69. The lowest BCUT2D eigenvalue weighted by Crippen LogP contribution is -2.51. The average Bonchev–Trinajstić information content (AvgIpc) is 3.17. The van der Waals surface area contributed by atoms with E-state index in [1.165, 1.54) is 16.3 Å². The molecular formula is C31H34N4O4. The number of benzene rings is 1. The maximum absolute atomic E-state index is 13.2. The molecule has 1 saturated heterocycles. The van der Waals surface area contributed by atoms with Crippen LogP contribution in [-0.2, 0) is 24.8 Å². The van der Waals surface area contributed by atoms with Gasteiger partial charge in [0, 0.05) is 48.4 Å². The van der Waals surface area contributed by atoms with Crippen molar-refractivity contribution >= 4 is 17.1 Å². The molecule has 202 valence electrons. The van der Waals surface area contributed by atoms with Gasteiger partial charge in [0.05, 0.1) is 6.04 Å². The van der Waals surface area contributed by atoms with E-state index in [0.717, 1.165) is 47.8 Å². The monoisotopic (exact) mass is 526 g/mol. The van der Waals surface area contributed by atoms with Crippen molar-refractivity contribution in [1.29, 1.82) is 0 Å². The second kappa shape index (κ2) is 9.59. The number of hydrogen-bond acceptors (Lipinski definition) is 5. The lowest BCUT2D eigenvalue weighted by atomic mass is 9.82. The molecule has 0 spiro atoms. The first-order chi connectivity index (χ1) is 18.7. The van der Waals surface area contributed by atoms with E-state index in [-0.39, 0.29) is 23.7 Å². The van der Waals surface area contributed by atoms with Crippen LogP contribution in [0.25, 0.3) is 16.9 Å². The van der Waals surface area contributed by atoms with Gasteiger partial charge in [-0.15, -0.1) is 0 Å². The minimum atomic E-state index is -0.545. The Morgan fingerprint density at radius 1 is 1.08 bits per heavy atom. The summed E-state index contributed by atoms with van der Waals surface area (Å²) in [5.74, 6) is 1.07. The molecule has 5 heterocycles. The first-order valence-electron chi connectivity index (χ1n) is 13.6. The molecule has 8 heteroatoms. The second-order valence-electron chi connectivity index (χ2n) is 11.5. The number of fused-ring (bicyclic) bond motifs is 6. The van der Waals surface area contributed by atoms with Crippen molar-refractivity contribution in [3.8, 4) is 11.6 Å². The molecule has 1 amide bonds. The van der Waals surface area contributed by atoms with Crippen LogP contribution in [-0.4, -0.2) is 36.8 Å². The quantitative estimate of drug-likeness (QED) is 0.341. The first kappa shape index (κ1) is 25.2. The van der Waals surface area contributed by atoms with Gasteiger partial charge in [0.1, 0.15) is 29.4 Å². The maximum atomic E-state index is 13.2. The number of carbonyl (C=O) groups is 1. The van der Waals surface area contributed by atoms with Crippen LogP contribution >= 0.6 is 0 Å². The molecule has 1 aromatic carbocycles. The van der Waals surface area contributed by atoms with Gasteiger partial charge in [-0.25, -0.2) is 9.78 Å². The van der Waals surface area contributed by atoms with Gasteiger partial charge in [-0.1, -0.05) is 30.3 Å². The fourth-order valence-electron chi connectivity index (χ4n) is 5.98. The number of amides is 1. The lowest BCUT2D eigenvalue weighted by Gasteiger charge is -2.46. The molecule has 0 radical (unpaired) electrons. The Hall–Kier alpha value is -4.07. The van der Waals surface area contributed by atoms with E-state index in [2.05, 4.69) is 4.57 Å². The number of aromatic nitrogens is 3. The van der Waals surface area contributed by atoms with Crippen LogP contribution in [0.4, 0.5) is 4.79 Å². The summed E-state index contributed by atoms with van der Waals surface area (Å²) in [7, 11) is 2.03. The minimum absolute atomic E-state index is 0.0394. The van der Waals surface area contributed by atoms with Gasteiger partial charge >= 0.3 is 6.09 Å². The van der Waals surface area contributed by atoms with E-state index in [9.17, 15) is 9.59 Å². The van der Waals surface area contributed by atoms with E-state index in [0.29, 0.717) is 18.2 Å². The molecule has 3 aromatic heterocycles. The summed E-state index contributed by atoms with van der Waals surface area (Å²) in [5.41, 5.74) is 3.46. The summed E-state index contributed by atoms with van der Waals surface area (Å²) in [5, 5.41) is 1.02. The van der Waals surface area contributed by atoms with Gasteiger partial charge in [0.2, 0.25) is 0 Å². The third-order valence-electron chi connectivity index (χ3n) is 7.68. The van der Waals surface area contributed by atoms with Crippen molar-refractivity contribution in [3.63, 3.8) is 0 Å². The van der Waals surface area contributed by atoms with E-state index < -0.39 is 5.60 Å². The third-order valence-corrected chi connectivity index (χ3v) is 7.68. The molecule has 6 rings (SSSR count). The molecule has 2 aliphatic heterocycles. The van der Waals surface area contributed by atoms with E-state index in [4.69, 9.17) is 14.5 Å². The second-order valence-corrected chi connectivity index (χ2v) is 11.5. The highest BCUT2D eigenvalue weighted by atomic mass is 16.6. The predicted molar refractivity (Wildman–Crippen MR) is 149 cm³/mol. The highest BCUT2D eigenvalue weighted by molar-refractivity contribution is 5.85. The number of hydrogen-bond donors (Lipinski definition) is 0. The van der Waals surface area contributed by atoms with Crippen LogP contribution in [0.5, 0.6) is 5.75 Å².